The zero-order valence-corrected chi connectivity index (χ0v) is 9.75. The van der Waals surface area contributed by atoms with Crippen molar-refractivity contribution in [3.05, 3.63) is 42.0 Å². The lowest BCUT2D eigenvalue weighted by Gasteiger charge is -2.07. The number of nitrogens with zero attached hydrogens (tertiary/aromatic N) is 3. The van der Waals surface area contributed by atoms with Crippen LogP contribution in [0.5, 0.6) is 0 Å². The average molecular weight is 282 g/mol. The third kappa shape index (κ3) is 1.83. The summed E-state index contributed by atoms with van der Waals surface area (Å²) in [4.78, 5) is 11.1. The molecule has 16 heavy (non-hydrogen) atoms. The highest BCUT2D eigenvalue weighted by molar-refractivity contribution is 9.08. The standard InChI is InChI=1S/C10H8BrN3O2/c11-5-9-13-12-6-14(9)8-4-2-1-3-7(8)10(15)16/h1-4,6H,5H2,(H,15,16). The van der Waals surface area contributed by atoms with Gasteiger partial charge in [-0.25, -0.2) is 4.79 Å². The third-order valence-electron chi connectivity index (χ3n) is 2.13. The molecule has 6 heteroatoms. The molecule has 0 unspecified atom stereocenters. The lowest BCUT2D eigenvalue weighted by Crippen LogP contribution is -2.06. The number of hydrogen-bond donors (Lipinski definition) is 1. The molecule has 0 atom stereocenters. The molecule has 0 fully saturated rings. The Balaban J connectivity index is 2.60. The van der Waals surface area contributed by atoms with E-state index in [4.69, 9.17) is 5.11 Å². The van der Waals surface area contributed by atoms with E-state index in [9.17, 15) is 4.79 Å². The number of benzene rings is 1. The molecular weight excluding hydrogens is 274 g/mol. The van der Waals surface area contributed by atoms with Crippen LogP contribution in [-0.2, 0) is 5.33 Å². The lowest BCUT2D eigenvalue weighted by molar-refractivity contribution is 0.0697. The van der Waals surface area contributed by atoms with Gasteiger partial charge in [0.25, 0.3) is 0 Å². The molecule has 1 aromatic heterocycles. The summed E-state index contributed by atoms with van der Waals surface area (Å²) in [6.07, 6.45) is 1.50. The topological polar surface area (TPSA) is 68.0 Å². The van der Waals surface area contributed by atoms with Gasteiger partial charge in [-0.15, -0.1) is 10.2 Å². The van der Waals surface area contributed by atoms with Gasteiger partial charge in [-0.1, -0.05) is 28.1 Å². The second kappa shape index (κ2) is 4.44. The molecule has 0 saturated carbocycles. The first-order chi connectivity index (χ1) is 7.74. The Hall–Kier alpha value is -1.69. The number of carbonyl (C=O) groups is 1. The summed E-state index contributed by atoms with van der Waals surface area (Å²) < 4.78 is 1.65. The van der Waals surface area contributed by atoms with Gasteiger partial charge in [0, 0.05) is 0 Å². The van der Waals surface area contributed by atoms with Crippen molar-refractivity contribution in [3.8, 4) is 5.69 Å². The molecule has 1 N–H and O–H groups in total. The van der Waals surface area contributed by atoms with E-state index < -0.39 is 5.97 Å². The van der Waals surface area contributed by atoms with Crippen molar-refractivity contribution in [1.29, 1.82) is 0 Å². The number of hydrogen-bond acceptors (Lipinski definition) is 3. The average Bonchev–Trinajstić information content (AvgIpc) is 2.76. The van der Waals surface area contributed by atoms with Crippen LogP contribution in [0, 0.1) is 0 Å². The summed E-state index contributed by atoms with van der Waals surface area (Å²) in [5.41, 5.74) is 0.791. The minimum Gasteiger partial charge on any atom is -0.478 e. The lowest BCUT2D eigenvalue weighted by atomic mass is 10.2. The van der Waals surface area contributed by atoms with Crippen molar-refractivity contribution in [3.63, 3.8) is 0 Å². The van der Waals surface area contributed by atoms with E-state index in [0.717, 1.165) is 0 Å². The van der Waals surface area contributed by atoms with Gasteiger partial charge in [0.05, 0.1) is 16.6 Å². The van der Waals surface area contributed by atoms with Crippen molar-refractivity contribution in [2.75, 3.05) is 0 Å². The minimum absolute atomic E-state index is 0.226. The van der Waals surface area contributed by atoms with Gasteiger partial charge in [0.2, 0.25) is 0 Å². The smallest absolute Gasteiger partial charge is 0.337 e. The maximum absolute atomic E-state index is 11.1. The maximum Gasteiger partial charge on any atom is 0.337 e. The largest absolute Gasteiger partial charge is 0.478 e. The summed E-state index contributed by atoms with van der Waals surface area (Å²) >= 11 is 3.28. The van der Waals surface area contributed by atoms with E-state index in [-0.39, 0.29) is 5.56 Å². The normalized spacial score (nSPS) is 10.3. The van der Waals surface area contributed by atoms with Crippen LogP contribution in [0.3, 0.4) is 0 Å². The SMILES string of the molecule is O=C(O)c1ccccc1-n1cnnc1CBr. The zero-order valence-electron chi connectivity index (χ0n) is 8.17. The first-order valence-electron chi connectivity index (χ1n) is 4.51. The number of aromatic nitrogens is 3. The summed E-state index contributed by atoms with van der Waals surface area (Å²) in [6, 6.07) is 6.74. The number of halogens is 1. The van der Waals surface area contributed by atoms with Gasteiger partial charge in [-0.05, 0) is 12.1 Å². The fourth-order valence-corrected chi connectivity index (χ4v) is 1.80. The van der Waals surface area contributed by atoms with E-state index in [2.05, 4.69) is 26.1 Å². The molecule has 0 aliphatic heterocycles. The Morgan fingerprint density at radius 2 is 2.19 bits per heavy atom. The highest BCUT2D eigenvalue weighted by atomic mass is 79.9. The molecule has 1 aromatic carbocycles. The number of rotatable bonds is 3. The zero-order chi connectivity index (χ0) is 11.5. The Morgan fingerprint density at radius 1 is 1.44 bits per heavy atom. The molecule has 0 amide bonds. The van der Waals surface area contributed by atoms with Crippen LogP contribution in [0.15, 0.2) is 30.6 Å². The summed E-state index contributed by atoms with van der Waals surface area (Å²) in [7, 11) is 0. The van der Waals surface area contributed by atoms with Crippen molar-refractivity contribution in [2.24, 2.45) is 0 Å². The summed E-state index contributed by atoms with van der Waals surface area (Å²) in [5, 5.41) is 17.2. The predicted octanol–water partition coefficient (Wildman–Crippen LogP) is 1.86. The van der Waals surface area contributed by atoms with E-state index in [1.165, 1.54) is 6.33 Å². The monoisotopic (exact) mass is 281 g/mol. The number of aromatic carboxylic acids is 1. The Morgan fingerprint density at radius 3 is 2.88 bits per heavy atom. The predicted molar refractivity (Wildman–Crippen MR) is 60.9 cm³/mol. The van der Waals surface area contributed by atoms with Crippen molar-refractivity contribution in [2.45, 2.75) is 5.33 Å². The molecule has 1 heterocycles. The number of para-hydroxylation sites is 1. The third-order valence-corrected chi connectivity index (χ3v) is 2.63. The van der Waals surface area contributed by atoms with Crippen molar-refractivity contribution in [1.82, 2.24) is 14.8 Å². The molecule has 2 aromatic rings. The second-order valence-corrected chi connectivity index (χ2v) is 3.63. The van der Waals surface area contributed by atoms with E-state index >= 15 is 0 Å². The van der Waals surface area contributed by atoms with Crippen LogP contribution in [0.2, 0.25) is 0 Å². The van der Waals surface area contributed by atoms with E-state index in [0.29, 0.717) is 16.8 Å². The molecular formula is C10H8BrN3O2. The molecule has 0 radical (unpaired) electrons. The van der Waals surface area contributed by atoms with Crippen LogP contribution in [0.4, 0.5) is 0 Å². The van der Waals surface area contributed by atoms with Gasteiger partial charge in [0.1, 0.15) is 12.2 Å². The van der Waals surface area contributed by atoms with Gasteiger partial charge in [-0.3, -0.25) is 4.57 Å². The molecule has 0 spiro atoms. The quantitative estimate of drug-likeness (QED) is 0.872. The first kappa shape index (κ1) is 10.8. The molecule has 0 bridgehead atoms. The molecule has 82 valence electrons. The Bertz CT molecular complexity index is 524. The highest BCUT2D eigenvalue weighted by Gasteiger charge is 2.13. The van der Waals surface area contributed by atoms with Crippen molar-refractivity contribution >= 4 is 21.9 Å². The van der Waals surface area contributed by atoms with Crippen LogP contribution < -0.4 is 0 Å². The maximum atomic E-state index is 11.1. The second-order valence-electron chi connectivity index (χ2n) is 3.07. The van der Waals surface area contributed by atoms with E-state index in [1.807, 2.05) is 0 Å². The first-order valence-corrected chi connectivity index (χ1v) is 5.63. The number of alkyl halides is 1. The Kier molecular flexibility index (Phi) is 3.00. The van der Waals surface area contributed by atoms with Gasteiger partial charge in [0.15, 0.2) is 0 Å². The molecule has 0 aliphatic rings. The molecule has 2 rings (SSSR count). The van der Waals surface area contributed by atoms with Gasteiger partial charge >= 0.3 is 5.97 Å². The highest BCUT2D eigenvalue weighted by Crippen LogP contribution is 2.16. The summed E-state index contributed by atoms with van der Waals surface area (Å²) in [6.45, 7) is 0. The summed E-state index contributed by atoms with van der Waals surface area (Å²) in [5.74, 6) is -0.307. The Labute approximate surface area is 99.9 Å². The van der Waals surface area contributed by atoms with Crippen LogP contribution in [-0.4, -0.2) is 25.8 Å². The molecule has 0 aliphatic carbocycles. The number of carboxylic acid groups (broad SMARTS) is 1. The van der Waals surface area contributed by atoms with E-state index in [1.54, 1.807) is 28.8 Å². The van der Waals surface area contributed by atoms with Crippen molar-refractivity contribution < 1.29 is 9.90 Å². The van der Waals surface area contributed by atoms with Gasteiger partial charge < -0.3 is 5.11 Å². The molecule has 5 nitrogen and oxygen atoms in total. The van der Waals surface area contributed by atoms with Crippen LogP contribution in [0.1, 0.15) is 16.2 Å². The number of carboxylic acids is 1. The fourth-order valence-electron chi connectivity index (χ4n) is 1.42. The van der Waals surface area contributed by atoms with Crippen LogP contribution >= 0.6 is 15.9 Å². The fraction of sp³-hybridized carbons (Fsp3) is 0.100. The minimum atomic E-state index is -0.968. The van der Waals surface area contributed by atoms with Crippen LogP contribution in [0.25, 0.3) is 5.69 Å². The molecule has 0 saturated heterocycles. The van der Waals surface area contributed by atoms with Gasteiger partial charge in [-0.2, -0.15) is 0 Å².